The molecule has 0 radical (unpaired) electrons. The van der Waals surface area contributed by atoms with Gasteiger partial charge in [-0.2, -0.15) is 0 Å². The van der Waals surface area contributed by atoms with Crippen LogP contribution in [0.3, 0.4) is 0 Å². The average molecular weight is 353 g/mol. The van der Waals surface area contributed by atoms with Gasteiger partial charge in [0.1, 0.15) is 0 Å². The highest BCUT2D eigenvalue weighted by Gasteiger charge is 2.34. The number of carbonyl (C=O) groups excluding carboxylic acids is 1. The second-order valence-electron chi connectivity index (χ2n) is 7.04. The van der Waals surface area contributed by atoms with Crippen molar-refractivity contribution in [2.75, 3.05) is 33.4 Å². The van der Waals surface area contributed by atoms with E-state index in [1.54, 1.807) is 7.11 Å². The molecule has 1 unspecified atom stereocenters. The molecular formula is C19H29ClN2O2. The molecule has 1 heterocycles. The molecule has 1 saturated heterocycles. The summed E-state index contributed by atoms with van der Waals surface area (Å²) in [4.78, 5) is 12.8. The van der Waals surface area contributed by atoms with Crippen LogP contribution in [0.2, 0.25) is 0 Å². The average Bonchev–Trinajstić information content (AvgIpc) is 2.60. The van der Waals surface area contributed by atoms with E-state index < -0.39 is 0 Å². The van der Waals surface area contributed by atoms with Crippen LogP contribution in [0, 0.1) is 5.41 Å². The molecule has 0 aromatic heterocycles. The van der Waals surface area contributed by atoms with Gasteiger partial charge < -0.3 is 15.4 Å². The Morgan fingerprint density at radius 2 is 2.08 bits per heavy atom. The first-order valence-electron chi connectivity index (χ1n) is 8.79. The van der Waals surface area contributed by atoms with Crippen molar-refractivity contribution < 1.29 is 9.53 Å². The third kappa shape index (κ3) is 4.29. The van der Waals surface area contributed by atoms with Crippen LogP contribution in [0.15, 0.2) is 24.3 Å². The van der Waals surface area contributed by atoms with E-state index >= 15 is 0 Å². The van der Waals surface area contributed by atoms with Crippen LogP contribution in [0.4, 0.5) is 0 Å². The lowest BCUT2D eigenvalue weighted by molar-refractivity contribution is -0.123. The molecule has 1 atom stereocenters. The van der Waals surface area contributed by atoms with Crippen molar-refractivity contribution in [2.24, 2.45) is 5.41 Å². The van der Waals surface area contributed by atoms with Gasteiger partial charge in [-0.05, 0) is 56.3 Å². The van der Waals surface area contributed by atoms with Crippen LogP contribution in [0.5, 0.6) is 0 Å². The number of ether oxygens (including phenoxy) is 1. The first kappa shape index (κ1) is 19.2. The fourth-order valence-electron chi connectivity index (χ4n) is 4.06. The molecule has 5 heteroatoms. The van der Waals surface area contributed by atoms with Gasteiger partial charge in [0.25, 0.3) is 0 Å². The largest absolute Gasteiger partial charge is 0.384 e. The van der Waals surface area contributed by atoms with Crippen molar-refractivity contribution in [3.63, 3.8) is 0 Å². The number of carbonyl (C=O) groups is 1. The predicted molar refractivity (Wildman–Crippen MR) is 98.8 cm³/mol. The number of amides is 1. The van der Waals surface area contributed by atoms with Crippen LogP contribution in [-0.2, 0) is 16.0 Å². The van der Waals surface area contributed by atoms with E-state index in [0.717, 1.165) is 58.3 Å². The van der Waals surface area contributed by atoms with E-state index in [1.807, 2.05) is 6.07 Å². The zero-order valence-electron chi connectivity index (χ0n) is 14.5. The highest BCUT2D eigenvalue weighted by molar-refractivity contribution is 5.85. The number of benzene rings is 1. The summed E-state index contributed by atoms with van der Waals surface area (Å²) in [5.41, 5.74) is 2.65. The van der Waals surface area contributed by atoms with E-state index in [2.05, 4.69) is 28.8 Å². The van der Waals surface area contributed by atoms with Crippen molar-refractivity contribution in [3.05, 3.63) is 35.4 Å². The number of hydrogen-bond donors (Lipinski definition) is 2. The second-order valence-corrected chi connectivity index (χ2v) is 7.04. The fraction of sp³-hybridized carbons (Fsp3) is 0.632. The molecular weight excluding hydrogens is 324 g/mol. The summed E-state index contributed by atoms with van der Waals surface area (Å²) < 4.78 is 5.44. The molecule has 24 heavy (non-hydrogen) atoms. The monoisotopic (exact) mass is 352 g/mol. The van der Waals surface area contributed by atoms with Crippen LogP contribution in [0.25, 0.3) is 0 Å². The maximum absolute atomic E-state index is 12.8. The molecule has 4 nitrogen and oxygen atoms in total. The number of nitrogens with one attached hydrogen (secondary N) is 2. The normalized spacial score (nSPS) is 22.1. The van der Waals surface area contributed by atoms with Gasteiger partial charge in [-0.1, -0.05) is 24.3 Å². The van der Waals surface area contributed by atoms with Gasteiger partial charge in [0.05, 0.1) is 12.5 Å². The SMILES string of the molecule is COCC1(CNC(=O)C2CCCc3ccccc32)CCNCC1.Cl. The third-order valence-electron chi connectivity index (χ3n) is 5.44. The van der Waals surface area contributed by atoms with Crippen molar-refractivity contribution in [2.45, 2.75) is 38.0 Å². The lowest BCUT2D eigenvalue weighted by atomic mass is 9.78. The van der Waals surface area contributed by atoms with E-state index in [9.17, 15) is 4.79 Å². The number of aryl methyl sites for hydroxylation is 1. The lowest BCUT2D eigenvalue weighted by Crippen LogP contribution is -2.48. The van der Waals surface area contributed by atoms with Crippen LogP contribution in [-0.4, -0.2) is 39.3 Å². The Labute approximate surface area is 151 Å². The Kier molecular flexibility index (Phi) is 7.08. The standard InChI is InChI=1S/C19H28N2O2.ClH/c1-23-14-19(9-11-20-12-10-19)13-21-18(22)17-8-4-6-15-5-2-3-7-16(15)17;/h2-3,5,7,17,20H,4,6,8-14H2,1H3,(H,21,22);1H. The van der Waals surface area contributed by atoms with E-state index in [-0.39, 0.29) is 29.6 Å². The van der Waals surface area contributed by atoms with Gasteiger partial charge in [-0.15, -0.1) is 12.4 Å². The maximum atomic E-state index is 12.8. The van der Waals surface area contributed by atoms with Gasteiger partial charge >= 0.3 is 0 Å². The molecule has 0 saturated carbocycles. The van der Waals surface area contributed by atoms with Gasteiger partial charge in [-0.3, -0.25) is 4.79 Å². The number of methoxy groups -OCH3 is 1. The van der Waals surface area contributed by atoms with Gasteiger partial charge in [0, 0.05) is 19.1 Å². The van der Waals surface area contributed by atoms with Gasteiger partial charge in [0.15, 0.2) is 0 Å². The first-order valence-corrected chi connectivity index (χ1v) is 8.79. The maximum Gasteiger partial charge on any atom is 0.227 e. The Morgan fingerprint density at radius 3 is 2.83 bits per heavy atom. The summed E-state index contributed by atoms with van der Waals surface area (Å²) >= 11 is 0. The number of hydrogen-bond acceptors (Lipinski definition) is 3. The molecule has 1 fully saturated rings. The van der Waals surface area contributed by atoms with E-state index in [1.165, 1.54) is 11.1 Å². The summed E-state index contributed by atoms with van der Waals surface area (Å²) in [5, 5.41) is 6.64. The molecule has 0 spiro atoms. The fourth-order valence-corrected chi connectivity index (χ4v) is 4.06. The number of fused-ring (bicyclic) bond motifs is 1. The summed E-state index contributed by atoms with van der Waals surface area (Å²) in [6.45, 7) is 3.45. The highest BCUT2D eigenvalue weighted by atomic mass is 35.5. The minimum absolute atomic E-state index is 0. The Morgan fingerprint density at radius 1 is 1.33 bits per heavy atom. The molecule has 1 amide bonds. The predicted octanol–water partition coefficient (Wildman–Crippen LogP) is 2.66. The lowest BCUT2D eigenvalue weighted by Gasteiger charge is -2.37. The Hall–Kier alpha value is -1.10. The molecule has 2 N–H and O–H groups in total. The second kappa shape index (κ2) is 8.84. The molecule has 0 bridgehead atoms. The summed E-state index contributed by atoms with van der Waals surface area (Å²) in [7, 11) is 1.75. The third-order valence-corrected chi connectivity index (χ3v) is 5.44. The van der Waals surface area contributed by atoms with Gasteiger partial charge in [0.2, 0.25) is 5.91 Å². The molecule has 1 aromatic carbocycles. The highest BCUT2D eigenvalue weighted by Crippen LogP contribution is 2.33. The van der Waals surface area contributed by atoms with Crippen molar-refractivity contribution in [1.29, 1.82) is 0 Å². The van der Waals surface area contributed by atoms with Gasteiger partial charge in [-0.25, -0.2) is 0 Å². The molecule has 1 aromatic rings. The number of rotatable bonds is 5. The minimum Gasteiger partial charge on any atom is -0.384 e. The smallest absolute Gasteiger partial charge is 0.227 e. The molecule has 2 aliphatic rings. The number of halogens is 1. The summed E-state index contributed by atoms with van der Waals surface area (Å²) in [6.07, 6.45) is 5.27. The zero-order chi connectivity index (χ0) is 16.1. The Bertz CT molecular complexity index is 538. The Balaban J connectivity index is 0.00000208. The van der Waals surface area contributed by atoms with Crippen LogP contribution in [0.1, 0.15) is 42.7 Å². The summed E-state index contributed by atoms with van der Waals surface area (Å²) in [5.74, 6) is 0.201. The van der Waals surface area contributed by atoms with Crippen molar-refractivity contribution >= 4 is 18.3 Å². The zero-order valence-corrected chi connectivity index (χ0v) is 15.3. The number of piperidine rings is 1. The van der Waals surface area contributed by atoms with Crippen molar-refractivity contribution in [1.82, 2.24) is 10.6 Å². The quantitative estimate of drug-likeness (QED) is 0.856. The van der Waals surface area contributed by atoms with Crippen molar-refractivity contribution in [3.8, 4) is 0 Å². The van der Waals surface area contributed by atoms with E-state index in [0.29, 0.717) is 0 Å². The molecule has 1 aliphatic heterocycles. The van der Waals surface area contributed by atoms with Crippen LogP contribution < -0.4 is 10.6 Å². The minimum atomic E-state index is 0. The summed E-state index contributed by atoms with van der Waals surface area (Å²) in [6, 6.07) is 8.40. The van der Waals surface area contributed by atoms with Crippen LogP contribution >= 0.6 is 12.4 Å². The molecule has 1 aliphatic carbocycles. The molecule has 134 valence electrons. The van der Waals surface area contributed by atoms with E-state index in [4.69, 9.17) is 4.74 Å². The molecule has 3 rings (SSSR count). The topological polar surface area (TPSA) is 50.4 Å². The first-order chi connectivity index (χ1) is 11.2.